The Kier molecular flexibility index (Phi) is 5.06. The Labute approximate surface area is 117 Å². The highest BCUT2D eigenvalue weighted by molar-refractivity contribution is 5.87. The third-order valence-corrected chi connectivity index (χ3v) is 5.50. The lowest BCUT2D eigenvalue weighted by atomic mass is 9.68. The van der Waals surface area contributed by atoms with Gasteiger partial charge in [0.15, 0.2) is 0 Å². The second kappa shape index (κ2) is 6.58. The van der Waals surface area contributed by atoms with Crippen LogP contribution in [0, 0.1) is 23.7 Å². The average molecular weight is 264 g/mol. The van der Waals surface area contributed by atoms with Gasteiger partial charge in [-0.25, -0.2) is 4.79 Å². The molecule has 2 aliphatic rings. The topological polar surface area (TPSA) is 37.3 Å². The Morgan fingerprint density at radius 3 is 1.84 bits per heavy atom. The van der Waals surface area contributed by atoms with E-state index in [1.807, 2.05) is 6.92 Å². The molecule has 0 atom stereocenters. The van der Waals surface area contributed by atoms with Crippen LogP contribution < -0.4 is 0 Å². The second-order valence-electron chi connectivity index (χ2n) is 6.68. The normalized spacial score (nSPS) is 37.1. The molecule has 2 heteroatoms. The van der Waals surface area contributed by atoms with Gasteiger partial charge in [0.05, 0.1) is 0 Å². The molecule has 2 fully saturated rings. The van der Waals surface area contributed by atoms with Crippen LogP contribution >= 0.6 is 0 Å². The molecule has 0 aromatic carbocycles. The van der Waals surface area contributed by atoms with Crippen LogP contribution in [-0.2, 0) is 4.79 Å². The van der Waals surface area contributed by atoms with Gasteiger partial charge in [-0.2, -0.15) is 0 Å². The zero-order valence-corrected chi connectivity index (χ0v) is 12.4. The number of rotatable bonds is 3. The largest absolute Gasteiger partial charge is 0.478 e. The highest BCUT2D eigenvalue weighted by Gasteiger charge is 2.32. The first kappa shape index (κ1) is 14.6. The molecule has 2 saturated carbocycles. The van der Waals surface area contributed by atoms with E-state index in [0.29, 0.717) is 11.5 Å². The molecule has 2 rings (SSSR count). The van der Waals surface area contributed by atoms with E-state index in [9.17, 15) is 9.90 Å². The van der Waals surface area contributed by atoms with Gasteiger partial charge in [0, 0.05) is 5.57 Å². The number of carbonyl (C=O) groups is 1. The first-order valence-corrected chi connectivity index (χ1v) is 8.01. The highest BCUT2D eigenvalue weighted by Crippen LogP contribution is 2.42. The molecule has 19 heavy (non-hydrogen) atoms. The van der Waals surface area contributed by atoms with Gasteiger partial charge in [0.2, 0.25) is 0 Å². The summed E-state index contributed by atoms with van der Waals surface area (Å²) in [6, 6.07) is 0. The molecule has 0 unspecified atom stereocenters. The fourth-order valence-electron chi connectivity index (χ4n) is 4.19. The smallest absolute Gasteiger partial charge is 0.331 e. The van der Waals surface area contributed by atoms with Crippen molar-refractivity contribution in [3.05, 3.63) is 11.6 Å². The third-order valence-electron chi connectivity index (χ3n) is 5.50. The van der Waals surface area contributed by atoms with Crippen molar-refractivity contribution in [2.75, 3.05) is 0 Å². The summed E-state index contributed by atoms with van der Waals surface area (Å²) in [6.07, 6.45) is 12.1. The molecule has 2 nitrogen and oxygen atoms in total. The maximum Gasteiger partial charge on any atom is 0.331 e. The number of allylic oxidation sites excluding steroid dienone is 1. The summed E-state index contributed by atoms with van der Waals surface area (Å²) in [6.45, 7) is 4.23. The minimum Gasteiger partial charge on any atom is -0.478 e. The molecule has 0 radical (unpaired) electrons. The fourth-order valence-corrected chi connectivity index (χ4v) is 4.19. The molecule has 108 valence electrons. The number of carboxylic acid groups (broad SMARTS) is 1. The summed E-state index contributed by atoms with van der Waals surface area (Å²) in [4.78, 5) is 11.2. The van der Waals surface area contributed by atoms with E-state index in [1.54, 1.807) is 6.08 Å². The predicted octanol–water partition coefficient (Wildman–Crippen LogP) is 4.65. The van der Waals surface area contributed by atoms with Gasteiger partial charge >= 0.3 is 5.97 Å². The van der Waals surface area contributed by atoms with E-state index in [2.05, 4.69) is 6.92 Å². The minimum atomic E-state index is -0.711. The van der Waals surface area contributed by atoms with E-state index in [1.165, 1.54) is 38.5 Å². The molecule has 0 bridgehead atoms. The van der Waals surface area contributed by atoms with Crippen LogP contribution in [0.3, 0.4) is 0 Å². The van der Waals surface area contributed by atoms with Crippen LogP contribution in [0.25, 0.3) is 0 Å². The van der Waals surface area contributed by atoms with Gasteiger partial charge in [-0.3, -0.25) is 0 Å². The standard InChI is InChI=1S/C17H28O2/c1-3-16(17(18)19)15-10-8-14(9-11-15)13-6-4-12(2)5-7-13/h3,12-15H,4-11H2,1-2H3,(H,18,19)/t12-,13-,14-,15-. The van der Waals surface area contributed by atoms with Gasteiger partial charge in [-0.05, 0) is 69.1 Å². The van der Waals surface area contributed by atoms with Crippen molar-refractivity contribution in [1.29, 1.82) is 0 Å². The summed E-state index contributed by atoms with van der Waals surface area (Å²) in [7, 11) is 0. The van der Waals surface area contributed by atoms with Crippen LogP contribution in [0.5, 0.6) is 0 Å². The molecular weight excluding hydrogens is 236 g/mol. The van der Waals surface area contributed by atoms with Crippen LogP contribution in [0.15, 0.2) is 11.6 Å². The van der Waals surface area contributed by atoms with Crippen molar-refractivity contribution in [1.82, 2.24) is 0 Å². The summed E-state index contributed by atoms with van der Waals surface area (Å²) in [5.74, 6) is 2.32. The highest BCUT2D eigenvalue weighted by atomic mass is 16.4. The molecule has 0 aromatic rings. The molecule has 0 aliphatic heterocycles. The number of hydrogen-bond donors (Lipinski definition) is 1. The first-order valence-electron chi connectivity index (χ1n) is 8.01. The summed E-state index contributed by atoms with van der Waals surface area (Å²) in [5.41, 5.74) is 0.649. The van der Waals surface area contributed by atoms with Gasteiger partial charge < -0.3 is 5.11 Å². The SMILES string of the molecule is CC=C(C(=O)O)[C@H]1CC[C@H]([C@H]2CC[C@H](C)CC2)CC1. The van der Waals surface area contributed by atoms with Crippen molar-refractivity contribution in [2.45, 2.75) is 65.2 Å². The number of aliphatic carboxylic acids is 1. The monoisotopic (exact) mass is 264 g/mol. The van der Waals surface area contributed by atoms with E-state index in [4.69, 9.17) is 0 Å². The zero-order valence-electron chi connectivity index (χ0n) is 12.4. The Hall–Kier alpha value is -0.790. The van der Waals surface area contributed by atoms with Crippen molar-refractivity contribution in [3.8, 4) is 0 Å². The zero-order chi connectivity index (χ0) is 13.8. The van der Waals surface area contributed by atoms with Gasteiger partial charge in [-0.1, -0.05) is 25.8 Å². The predicted molar refractivity (Wildman–Crippen MR) is 78.0 cm³/mol. The lowest BCUT2D eigenvalue weighted by molar-refractivity contribution is -0.133. The Morgan fingerprint density at radius 2 is 1.42 bits per heavy atom. The maximum absolute atomic E-state index is 11.2. The lowest BCUT2D eigenvalue weighted by Gasteiger charge is -2.37. The van der Waals surface area contributed by atoms with Crippen molar-refractivity contribution >= 4 is 5.97 Å². The Morgan fingerprint density at radius 1 is 0.947 bits per heavy atom. The van der Waals surface area contributed by atoms with Gasteiger partial charge in [-0.15, -0.1) is 0 Å². The minimum absolute atomic E-state index is 0.307. The summed E-state index contributed by atoms with van der Waals surface area (Å²) >= 11 is 0. The number of carboxylic acids is 1. The third kappa shape index (κ3) is 3.61. The number of hydrogen-bond acceptors (Lipinski definition) is 1. The molecular formula is C17H28O2. The van der Waals surface area contributed by atoms with Crippen LogP contribution in [0.4, 0.5) is 0 Å². The molecule has 0 heterocycles. The summed E-state index contributed by atoms with van der Waals surface area (Å²) < 4.78 is 0. The average Bonchev–Trinajstić information content (AvgIpc) is 2.41. The van der Waals surface area contributed by atoms with Crippen LogP contribution in [-0.4, -0.2) is 11.1 Å². The molecule has 0 aromatic heterocycles. The second-order valence-corrected chi connectivity index (χ2v) is 6.68. The maximum atomic E-state index is 11.2. The van der Waals surface area contributed by atoms with Gasteiger partial charge in [0.1, 0.15) is 0 Å². The van der Waals surface area contributed by atoms with Gasteiger partial charge in [0.25, 0.3) is 0 Å². The Balaban J connectivity index is 1.84. The van der Waals surface area contributed by atoms with E-state index in [-0.39, 0.29) is 0 Å². The fraction of sp³-hybridized carbons (Fsp3) is 0.824. The van der Waals surface area contributed by atoms with Crippen LogP contribution in [0.2, 0.25) is 0 Å². The molecule has 0 amide bonds. The molecule has 0 saturated heterocycles. The quantitative estimate of drug-likeness (QED) is 0.753. The van der Waals surface area contributed by atoms with Crippen molar-refractivity contribution in [3.63, 3.8) is 0 Å². The van der Waals surface area contributed by atoms with Crippen LogP contribution in [0.1, 0.15) is 65.2 Å². The van der Waals surface area contributed by atoms with E-state index >= 15 is 0 Å². The van der Waals surface area contributed by atoms with E-state index in [0.717, 1.165) is 30.6 Å². The first-order chi connectivity index (χ1) is 9.11. The van der Waals surface area contributed by atoms with Crippen molar-refractivity contribution in [2.24, 2.45) is 23.7 Å². The Bertz CT molecular complexity index is 329. The summed E-state index contributed by atoms with van der Waals surface area (Å²) in [5, 5.41) is 9.20. The lowest BCUT2D eigenvalue weighted by Crippen LogP contribution is -2.27. The van der Waals surface area contributed by atoms with Crippen molar-refractivity contribution < 1.29 is 9.90 Å². The molecule has 0 spiro atoms. The molecule has 1 N–H and O–H groups in total. The molecule has 2 aliphatic carbocycles. The van der Waals surface area contributed by atoms with E-state index < -0.39 is 5.97 Å².